The quantitative estimate of drug-likeness (QED) is 0.919. The number of aliphatic hydroxyl groups excluding tert-OH is 1. The van der Waals surface area contributed by atoms with Gasteiger partial charge in [0.25, 0.3) is 0 Å². The summed E-state index contributed by atoms with van der Waals surface area (Å²) in [6.07, 6.45) is -2.13. The van der Waals surface area contributed by atoms with Crippen LogP contribution in [-0.4, -0.2) is 21.1 Å². The lowest BCUT2D eigenvalue weighted by molar-refractivity contribution is -0.186. The van der Waals surface area contributed by atoms with Crippen LogP contribution in [0, 0.1) is 11.8 Å². The van der Waals surface area contributed by atoms with Crippen LogP contribution < -0.4 is 0 Å². The number of aryl methyl sites for hydroxylation is 1. The summed E-state index contributed by atoms with van der Waals surface area (Å²) in [7, 11) is 0. The van der Waals surface area contributed by atoms with Gasteiger partial charge in [0.15, 0.2) is 0 Å². The third kappa shape index (κ3) is 3.11. The molecule has 0 saturated heterocycles. The summed E-state index contributed by atoms with van der Waals surface area (Å²) in [6, 6.07) is 1.74. The fraction of sp³-hybridized carbons (Fsp3) is 0.769. The van der Waals surface area contributed by atoms with E-state index in [1.165, 1.54) is 0 Å². The van der Waals surface area contributed by atoms with Crippen molar-refractivity contribution in [3.05, 3.63) is 18.0 Å². The third-order valence-corrected chi connectivity index (χ3v) is 4.03. The van der Waals surface area contributed by atoms with E-state index in [2.05, 4.69) is 5.10 Å². The highest BCUT2D eigenvalue weighted by atomic mass is 19.4. The molecule has 1 aromatic rings. The van der Waals surface area contributed by atoms with Crippen LogP contribution in [0.1, 0.15) is 44.4 Å². The van der Waals surface area contributed by atoms with Gasteiger partial charge in [-0.15, -0.1) is 0 Å². The SMILES string of the molecule is CCn1nccc1C(O)C1CCC(C(F)(F)F)CC1. The lowest BCUT2D eigenvalue weighted by atomic mass is 9.78. The van der Waals surface area contributed by atoms with Crippen LogP contribution in [0.2, 0.25) is 0 Å². The average molecular weight is 276 g/mol. The second kappa shape index (κ2) is 5.53. The Hall–Kier alpha value is -1.04. The molecule has 1 heterocycles. The smallest absolute Gasteiger partial charge is 0.387 e. The normalized spacial score (nSPS) is 26.4. The van der Waals surface area contributed by atoms with Gasteiger partial charge in [-0.25, -0.2) is 0 Å². The molecule has 1 aromatic heterocycles. The van der Waals surface area contributed by atoms with Gasteiger partial charge in [-0.3, -0.25) is 4.68 Å². The van der Waals surface area contributed by atoms with Crippen molar-refractivity contribution in [1.82, 2.24) is 9.78 Å². The van der Waals surface area contributed by atoms with E-state index in [1.54, 1.807) is 16.9 Å². The van der Waals surface area contributed by atoms with Crippen molar-refractivity contribution in [2.45, 2.75) is 51.4 Å². The molecular weight excluding hydrogens is 257 g/mol. The first kappa shape index (κ1) is 14.4. The van der Waals surface area contributed by atoms with E-state index in [9.17, 15) is 18.3 Å². The zero-order valence-corrected chi connectivity index (χ0v) is 10.9. The Morgan fingerprint density at radius 3 is 2.53 bits per heavy atom. The average Bonchev–Trinajstić information content (AvgIpc) is 2.85. The number of nitrogens with zero attached hydrogens (tertiary/aromatic N) is 2. The summed E-state index contributed by atoms with van der Waals surface area (Å²) in [5, 5.41) is 14.4. The molecule has 0 aliphatic heterocycles. The Kier molecular flexibility index (Phi) is 4.18. The van der Waals surface area contributed by atoms with E-state index in [0.29, 0.717) is 25.1 Å². The Bertz CT molecular complexity index is 408. The van der Waals surface area contributed by atoms with Crippen LogP contribution in [0.4, 0.5) is 13.2 Å². The molecule has 1 saturated carbocycles. The highest BCUT2D eigenvalue weighted by Gasteiger charge is 2.42. The predicted molar refractivity (Wildman–Crippen MR) is 64.4 cm³/mol. The van der Waals surface area contributed by atoms with E-state index in [1.807, 2.05) is 6.92 Å². The molecule has 0 bridgehead atoms. The van der Waals surface area contributed by atoms with Crippen LogP contribution in [0.25, 0.3) is 0 Å². The monoisotopic (exact) mass is 276 g/mol. The highest BCUT2D eigenvalue weighted by Crippen LogP contribution is 2.43. The molecule has 1 unspecified atom stereocenters. The highest BCUT2D eigenvalue weighted by molar-refractivity contribution is 5.06. The van der Waals surface area contributed by atoms with Crippen molar-refractivity contribution in [2.24, 2.45) is 11.8 Å². The summed E-state index contributed by atoms with van der Waals surface area (Å²) in [4.78, 5) is 0. The summed E-state index contributed by atoms with van der Waals surface area (Å²) >= 11 is 0. The van der Waals surface area contributed by atoms with E-state index < -0.39 is 18.2 Å². The zero-order chi connectivity index (χ0) is 14.0. The predicted octanol–water partition coefficient (Wildman–Crippen LogP) is 3.31. The minimum atomic E-state index is -4.10. The zero-order valence-electron chi connectivity index (χ0n) is 10.9. The van der Waals surface area contributed by atoms with E-state index in [-0.39, 0.29) is 18.8 Å². The number of alkyl halides is 3. The number of aromatic nitrogens is 2. The van der Waals surface area contributed by atoms with Crippen LogP contribution in [0.15, 0.2) is 12.3 Å². The molecule has 6 heteroatoms. The molecule has 1 atom stereocenters. The van der Waals surface area contributed by atoms with Crippen molar-refractivity contribution >= 4 is 0 Å². The van der Waals surface area contributed by atoms with Crippen LogP contribution >= 0.6 is 0 Å². The van der Waals surface area contributed by atoms with Gasteiger partial charge in [-0.1, -0.05) is 0 Å². The maximum Gasteiger partial charge on any atom is 0.391 e. The number of hydrogen-bond acceptors (Lipinski definition) is 2. The van der Waals surface area contributed by atoms with Gasteiger partial charge in [0.1, 0.15) is 0 Å². The second-order valence-electron chi connectivity index (χ2n) is 5.17. The van der Waals surface area contributed by atoms with Crippen molar-refractivity contribution in [3.8, 4) is 0 Å². The van der Waals surface area contributed by atoms with Crippen molar-refractivity contribution in [2.75, 3.05) is 0 Å². The summed E-state index contributed by atoms with van der Waals surface area (Å²) < 4.78 is 39.4. The molecule has 0 radical (unpaired) electrons. The molecule has 0 spiro atoms. The Balaban J connectivity index is 1.98. The maximum absolute atomic E-state index is 12.6. The van der Waals surface area contributed by atoms with E-state index >= 15 is 0 Å². The molecule has 1 fully saturated rings. The molecule has 108 valence electrons. The summed E-state index contributed by atoms with van der Waals surface area (Å²) in [6.45, 7) is 2.57. The first-order valence-corrected chi connectivity index (χ1v) is 6.70. The van der Waals surface area contributed by atoms with Gasteiger partial charge >= 0.3 is 6.18 Å². The maximum atomic E-state index is 12.6. The standard InChI is InChI=1S/C13H19F3N2O/c1-2-18-11(7-8-17-18)12(19)9-3-5-10(6-4-9)13(14,15)16/h7-10,12,19H,2-6H2,1H3. The van der Waals surface area contributed by atoms with Crippen LogP contribution in [0.5, 0.6) is 0 Å². The Morgan fingerprint density at radius 1 is 1.37 bits per heavy atom. The molecule has 19 heavy (non-hydrogen) atoms. The van der Waals surface area contributed by atoms with Crippen molar-refractivity contribution in [3.63, 3.8) is 0 Å². The van der Waals surface area contributed by atoms with E-state index in [4.69, 9.17) is 0 Å². The third-order valence-electron chi connectivity index (χ3n) is 4.03. The lowest BCUT2D eigenvalue weighted by Crippen LogP contribution is -2.30. The van der Waals surface area contributed by atoms with Gasteiger partial charge < -0.3 is 5.11 Å². The number of hydrogen-bond donors (Lipinski definition) is 1. The molecule has 0 amide bonds. The number of aliphatic hydroxyl groups is 1. The minimum Gasteiger partial charge on any atom is -0.387 e. The topological polar surface area (TPSA) is 38.0 Å². The van der Waals surface area contributed by atoms with Gasteiger partial charge in [0.05, 0.1) is 17.7 Å². The van der Waals surface area contributed by atoms with Crippen molar-refractivity contribution in [1.29, 1.82) is 0 Å². The summed E-state index contributed by atoms with van der Waals surface area (Å²) in [5.41, 5.74) is 0.706. The fourth-order valence-electron chi connectivity index (χ4n) is 2.86. The molecule has 2 rings (SSSR count). The Morgan fingerprint density at radius 2 is 2.00 bits per heavy atom. The minimum absolute atomic E-state index is 0.0967. The first-order chi connectivity index (χ1) is 8.93. The van der Waals surface area contributed by atoms with Crippen molar-refractivity contribution < 1.29 is 18.3 Å². The van der Waals surface area contributed by atoms with Crippen LogP contribution in [0.3, 0.4) is 0 Å². The second-order valence-corrected chi connectivity index (χ2v) is 5.17. The largest absolute Gasteiger partial charge is 0.391 e. The Labute approximate surface area is 110 Å². The molecule has 1 aliphatic rings. The van der Waals surface area contributed by atoms with E-state index in [0.717, 1.165) is 0 Å². The fourth-order valence-corrected chi connectivity index (χ4v) is 2.86. The van der Waals surface area contributed by atoms with Gasteiger partial charge in [-0.05, 0) is 44.6 Å². The number of rotatable bonds is 3. The van der Waals surface area contributed by atoms with Gasteiger partial charge in [0.2, 0.25) is 0 Å². The summed E-state index contributed by atoms with van der Waals surface area (Å²) in [5.74, 6) is -1.30. The van der Waals surface area contributed by atoms with Gasteiger partial charge in [-0.2, -0.15) is 18.3 Å². The molecule has 1 aliphatic carbocycles. The lowest BCUT2D eigenvalue weighted by Gasteiger charge is -2.32. The number of halogens is 3. The molecular formula is C13H19F3N2O. The molecule has 1 N–H and O–H groups in total. The van der Waals surface area contributed by atoms with Crippen LogP contribution in [-0.2, 0) is 6.54 Å². The first-order valence-electron chi connectivity index (χ1n) is 6.70. The van der Waals surface area contributed by atoms with Gasteiger partial charge in [0, 0.05) is 12.7 Å². The molecule has 0 aromatic carbocycles. The molecule has 3 nitrogen and oxygen atoms in total.